The summed E-state index contributed by atoms with van der Waals surface area (Å²) in [5, 5.41) is 10.9. The molecule has 1 atom stereocenters. The number of aryl methyl sites for hydroxylation is 1. The van der Waals surface area contributed by atoms with E-state index in [1.54, 1.807) is 13.0 Å². The summed E-state index contributed by atoms with van der Waals surface area (Å²) in [5.41, 5.74) is 0.841. The fourth-order valence-electron chi connectivity index (χ4n) is 2.81. The highest BCUT2D eigenvalue weighted by atomic mass is 35.5. The van der Waals surface area contributed by atoms with Gasteiger partial charge in [-0.3, -0.25) is 9.89 Å². The lowest BCUT2D eigenvalue weighted by atomic mass is 10.1. The standard InChI is InChI=1S/C19H14ClFN4OS/c1-10-22-18(25-24-10)16(11-5-3-2-4-6-11)23-19(26)17-15(20)13-8-7-12(21)9-14(13)27-17/h2-9,16H,1H3,(H,23,26)(H,22,24,25). The van der Waals surface area contributed by atoms with Crippen LogP contribution >= 0.6 is 22.9 Å². The van der Waals surface area contributed by atoms with E-state index in [1.807, 2.05) is 30.3 Å². The molecule has 4 aromatic rings. The average molecular weight is 401 g/mol. The SMILES string of the molecule is Cc1nc(C(NC(=O)c2sc3cc(F)ccc3c2Cl)c2ccccc2)n[nH]1. The van der Waals surface area contributed by atoms with E-state index >= 15 is 0 Å². The minimum Gasteiger partial charge on any atom is -0.337 e. The van der Waals surface area contributed by atoms with Crippen molar-refractivity contribution in [2.24, 2.45) is 0 Å². The normalized spacial score (nSPS) is 12.3. The largest absolute Gasteiger partial charge is 0.337 e. The number of carbonyl (C=O) groups is 1. The molecule has 27 heavy (non-hydrogen) atoms. The van der Waals surface area contributed by atoms with Crippen LogP contribution < -0.4 is 5.32 Å². The second kappa shape index (κ2) is 7.09. The van der Waals surface area contributed by atoms with Crippen LogP contribution in [-0.2, 0) is 0 Å². The van der Waals surface area contributed by atoms with Gasteiger partial charge in [-0.25, -0.2) is 9.37 Å². The molecular weight excluding hydrogens is 387 g/mol. The maximum absolute atomic E-state index is 13.5. The number of hydrogen-bond donors (Lipinski definition) is 2. The molecule has 0 radical (unpaired) electrons. The predicted molar refractivity (Wildman–Crippen MR) is 104 cm³/mol. The summed E-state index contributed by atoms with van der Waals surface area (Å²) >= 11 is 7.52. The van der Waals surface area contributed by atoms with Crippen molar-refractivity contribution >= 4 is 38.9 Å². The Morgan fingerprint density at radius 3 is 2.74 bits per heavy atom. The number of aromatic amines is 1. The second-order valence-electron chi connectivity index (χ2n) is 5.98. The minimum atomic E-state index is -0.540. The monoisotopic (exact) mass is 400 g/mol. The molecule has 0 saturated heterocycles. The van der Waals surface area contributed by atoms with Crippen molar-refractivity contribution in [1.29, 1.82) is 0 Å². The number of H-pyrrole nitrogens is 1. The summed E-state index contributed by atoms with van der Waals surface area (Å²) in [6, 6.07) is 13.2. The first-order valence-electron chi connectivity index (χ1n) is 8.15. The van der Waals surface area contributed by atoms with E-state index in [-0.39, 0.29) is 11.7 Å². The molecule has 0 saturated carbocycles. The lowest BCUT2D eigenvalue weighted by molar-refractivity contribution is 0.0946. The summed E-state index contributed by atoms with van der Waals surface area (Å²) in [4.78, 5) is 17.6. The second-order valence-corrected chi connectivity index (χ2v) is 7.41. The molecule has 1 unspecified atom stereocenters. The predicted octanol–water partition coefficient (Wildman–Crippen LogP) is 4.64. The first-order valence-corrected chi connectivity index (χ1v) is 9.34. The lowest BCUT2D eigenvalue weighted by Gasteiger charge is -2.16. The Hall–Kier alpha value is -2.77. The Bertz CT molecular complexity index is 1130. The van der Waals surface area contributed by atoms with Gasteiger partial charge in [0.25, 0.3) is 5.91 Å². The van der Waals surface area contributed by atoms with E-state index < -0.39 is 6.04 Å². The average Bonchev–Trinajstić information content (AvgIpc) is 3.23. The van der Waals surface area contributed by atoms with Crippen molar-refractivity contribution in [3.8, 4) is 0 Å². The summed E-state index contributed by atoms with van der Waals surface area (Å²) in [6.45, 7) is 1.79. The molecule has 2 heterocycles. The molecule has 2 aromatic carbocycles. The quantitative estimate of drug-likeness (QED) is 0.524. The molecule has 2 aromatic heterocycles. The Morgan fingerprint density at radius 2 is 2.04 bits per heavy atom. The third-order valence-corrected chi connectivity index (χ3v) is 5.73. The molecule has 0 fully saturated rings. The van der Waals surface area contributed by atoms with Gasteiger partial charge < -0.3 is 5.32 Å². The first kappa shape index (κ1) is 17.6. The number of rotatable bonds is 4. The van der Waals surface area contributed by atoms with Gasteiger partial charge in [-0.05, 0) is 30.7 Å². The first-order chi connectivity index (χ1) is 13.0. The fourth-order valence-corrected chi connectivity index (χ4v) is 4.26. The highest BCUT2D eigenvalue weighted by Crippen LogP contribution is 2.36. The molecule has 0 aliphatic heterocycles. The van der Waals surface area contributed by atoms with Crippen molar-refractivity contribution < 1.29 is 9.18 Å². The Labute approximate surface area is 163 Å². The maximum Gasteiger partial charge on any atom is 0.263 e. The van der Waals surface area contributed by atoms with Crippen LogP contribution in [0.15, 0.2) is 48.5 Å². The van der Waals surface area contributed by atoms with Crippen molar-refractivity contribution in [2.75, 3.05) is 0 Å². The molecule has 0 spiro atoms. The lowest BCUT2D eigenvalue weighted by Crippen LogP contribution is -2.29. The van der Waals surface area contributed by atoms with Crippen molar-refractivity contribution in [2.45, 2.75) is 13.0 Å². The smallest absolute Gasteiger partial charge is 0.263 e. The van der Waals surface area contributed by atoms with E-state index in [1.165, 1.54) is 12.1 Å². The van der Waals surface area contributed by atoms with Gasteiger partial charge in [0, 0.05) is 10.1 Å². The highest BCUT2D eigenvalue weighted by molar-refractivity contribution is 7.21. The van der Waals surface area contributed by atoms with E-state index in [0.717, 1.165) is 16.9 Å². The summed E-state index contributed by atoms with van der Waals surface area (Å²) in [5.74, 6) is 0.370. The molecule has 136 valence electrons. The molecule has 2 N–H and O–H groups in total. The number of nitrogens with zero attached hydrogens (tertiary/aromatic N) is 2. The zero-order valence-corrected chi connectivity index (χ0v) is 15.7. The summed E-state index contributed by atoms with van der Waals surface area (Å²) < 4.78 is 14.1. The van der Waals surface area contributed by atoms with Gasteiger partial charge in [0.2, 0.25) is 0 Å². The summed E-state index contributed by atoms with van der Waals surface area (Å²) in [7, 11) is 0. The van der Waals surface area contributed by atoms with Crippen molar-refractivity contribution in [3.63, 3.8) is 0 Å². The number of fused-ring (bicyclic) bond motifs is 1. The van der Waals surface area contributed by atoms with Gasteiger partial charge in [-0.15, -0.1) is 11.3 Å². The van der Waals surface area contributed by atoms with Gasteiger partial charge in [0.15, 0.2) is 5.82 Å². The van der Waals surface area contributed by atoms with E-state index in [9.17, 15) is 9.18 Å². The van der Waals surface area contributed by atoms with Crippen LogP contribution in [0.25, 0.3) is 10.1 Å². The Kier molecular flexibility index (Phi) is 4.63. The van der Waals surface area contributed by atoms with E-state index in [2.05, 4.69) is 20.5 Å². The van der Waals surface area contributed by atoms with Crippen LogP contribution in [0.5, 0.6) is 0 Å². The molecule has 0 aliphatic carbocycles. The topological polar surface area (TPSA) is 70.7 Å². The molecule has 8 heteroatoms. The number of aromatic nitrogens is 3. The van der Waals surface area contributed by atoms with Crippen LogP contribution in [-0.4, -0.2) is 21.1 Å². The minimum absolute atomic E-state index is 0.311. The third kappa shape index (κ3) is 3.43. The van der Waals surface area contributed by atoms with Gasteiger partial charge in [0.05, 0.1) is 5.02 Å². The van der Waals surface area contributed by atoms with Crippen LogP contribution in [0.1, 0.15) is 32.9 Å². The number of carbonyl (C=O) groups excluding carboxylic acids is 1. The van der Waals surface area contributed by atoms with Crippen LogP contribution in [0.2, 0.25) is 5.02 Å². The number of nitrogens with one attached hydrogen (secondary N) is 2. The molecular formula is C19H14ClFN4OS. The van der Waals surface area contributed by atoms with Gasteiger partial charge in [0.1, 0.15) is 22.6 Å². The Morgan fingerprint density at radius 1 is 1.26 bits per heavy atom. The van der Waals surface area contributed by atoms with Crippen LogP contribution in [0.4, 0.5) is 4.39 Å². The molecule has 0 aliphatic rings. The van der Waals surface area contributed by atoms with E-state index in [4.69, 9.17) is 11.6 Å². The van der Waals surface area contributed by atoms with Gasteiger partial charge in [-0.2, -0.15) is 5.10 Å². The highest BCUT2D eigenvalue weighted by Gasteiger charge is 2.24. The van der Waals surface area contributed by atoms with Crippen molar-refractivity contribution in [3.05, 3.63) is 81.5 Å². The number of benzene rings is 2. The number of hydrogen-bond acceptors (Lipinski definition) is 4. The van der Waals surface area contributed by atoms with Crippen LogP contribution in [0, 0.1) is 12.7 Å². The number of amides is 1. The molecule has 1 amide bonds. The number of halogens is 2. The fraction of sp³-hybridized carbons (Fsp3) is 0.105. The maximum atomic E-state index is 13.5. The molecule has 4 rings (SSSR count). The molecule has 5 nitrogen and oxygen atoms in total. The molecule has 0 bridgehead atoms. The van der Waals surface area contributed by atoms with Gasteiger partial charge >= 0.3 is 0 Å². The number of thiophene rings is 1. The van der Waals surface area contributed by atoms with E-state index in [0.29, 0.717) is 31.6 Å². The third-order valence-electron chi connectivity index (χ3n) is 4.08. The zero-order valence-electron chi connectivity index (χ0n) is 14.2. The zero-order chi connectivity index (χ0) is 19.0. The van der Waals surface area contributed by atoms with Crippen LogP contribution in [0.3, 0.4) is 0 Å². The van der Waals surface area contributed by atoms with Crippen molar-refractivity contribution in [1.82, 2.24) is 20.5 Å². The Balaban J connectivity index is 1.71. The van der Waals surface area contributed by atoms with Gasteiger partial charge in [-0.1, -0.05) is 41.9 Å². The summed E-state index contributed by atoms with van der Waals surface area (Å²) in [6.07, 6.45) is 0.